The molecule has 0 amide bonds. The van der Waals surface area contributed by atoms with Crippen LogP contribution in [0.1, 0.15) is 11.5 Å². The highest BCUT2D eigenvalue weighted by Crippen LogP contribution is 2.15. The Morgan fingerprint density at radius 1 is 1.35 bits per heavy atom. The topological polar surface area (TPSA) is 45.4 Å². The van der Waals surface area contributed by atoms with Gasteiger partial charge in [0.15, 0.2) is 0 Å². The predicted molar refractivity (Wildman–Crippen MR) is 70.0 cm³/mol. The highest BCUT2D eigenvalue weighted by atomic mass is 15.2. The number of pyridine rings is 1. The van der Waals surface area contributed by atoms with Gasteiger partial charge in [-0.15, -0.1) is 0 Å². The van der Waals surface area contributed by atoms with E-state index in [0.717, 1.165) is 32.7 Å². The zero-order valence-electron chi connectivity index (χ0n) is 10.5. The Kier molecular flexibility index (Phi) is 4.48. The predicted octanol–water partition coefficient (Wildman–Crippen LogP) is 0.371. The van der Waals surface area contributed by atoms with E-state index >= 15 is 0 Å². The summed E-state index contributed by atoms with van der Waals surface area (Å²) in [6.45, 7) is 6.35. The molecule has 1 aromatic heterocycles. The van der Waals surface area contributed by atoms with E-state index in [0.29, 0.717) is 12.5 Å². The fraction of sp³-hybridized carbons (Fsp3) is 0.615. The maximum absolute atomic E-state index is 5.88. The Hall–Kier alpha value is -0.970. The van der Waals surface area contributed by atoms with Crippen molar-refractivity contribution in [3.8, 4) is 0 Å². The maximum atomic E-state index is 5.88. The zero-order chi connectivity index (χ0) is 12.1. The van der Waals surface area contributed by atoms with Gasteiger partial charge in [-0.1, -0.05) is 6.07 Å². The molecule has 0 saturated carbocycles. The minimum absolute atomic E-state index is 0.409. The molecule has 2 N–H and O–H groups in total. The van der Waals surface area contributed by atoms with Crippen molar-refractivity contribution < 1.29 is 0 Å². The van der Waals surface area contributed by atoms with Crippen molar-refractivity contribution in [3.63, 3.8) is 0 Å². The van der Waals surface area contributed by atoms with Crippen LogP contribution in [0.25, 0.3) is 0 Å². The van der Waals surface area contributed by atoms with Crippen molar-refractivity contribution in [2.24, 2.45) is 5.73 Å². The molecule has 1 fully saturated rings. The average molecular weight is 234 g/mol. The summed E-state index contributed by atoms with van der Waals surface area (Å²) in [5.74, 6) is 0.409. The number of nitrogens with zero attached hydrogens (tertiary/aromatic N) is 3. The fourth-order valence-electron chi connectivity index (χ4n) is 2.28. The molecule has 0 aromatic carbocycles. The summed E-state index contributed by atoms with van der Waals surface area (Å²) in [7, 11) is 2.18. The summed E-state index contributed by atoms with van der Waals surface area (Å²) in [5, 5.41) is 0. The average Bonchev–Trinajstić information content (AvgIpc) is 2.39. The van der Waals surface area contributed by atoms with Gasteiger partial charge in [0.05, 0.1) is 0 Å². The third-order valence-electron chi connectivity index (χ3n) is 3.51. The number of rotatable bonds is 4. The molecule has 1 saturated heterocycles. The van der Waals surface area contributed by atoms with Crippen molar-refractivity contribution >= 4 is 0 Å². The Morgan fingerprint density at radius 2 is 2.12 bits per heavy atom. The maximum Gasteiger partial charge on any atom is 0.0303 e. The van der Waals surface area contributed by atoms with E-state index in [1.54, 1.807) is 0 Å². The van der Waals surface area contributed by atoms with Crippen molar-refractivity contribution in [2.45, 2.75) is 5.92 Å². The van der Waals surface area contributed by atoms with Crippen molar-refractivity contribution in [3.05, 3.63) is 30.1 Å². The van der Waals surface area contributed by atoms with Crippen LogP contribution in [0, 0.1) is 0 Å². The van der Waals surface area contributed by atoms with Crippen LogP contribution >= 0.6 is 0 Å². The molecule has 0 radical (unpaired) electrons. The minimum Gasteiger partial charge on any atom is -0.330 e. The van der Waals surface area contributed by atoms with Crippen molar-refractivity contribution in [1.82, 2.24) is 14.8 Å². The second-order valence-electron chi connectivity index (χ2n) is 4.82. The van der Waals surface area contributed by atoms with E-state index < -0.39 is 0 Å². The molecule has 1 unspecified atom stereocenters. The highest BCUT2D eigenvalue weighted by Gasteiger charge is 2.18. The smallest absolute Gasteiger partial charge is 0.0303 e. The van der Waals surface area contributed by atoms with Crippen LogP contribution in [-0.4, -0.2) is 61.1 Å². The molecular formula is C13H22N4. The first-order chi connectivity index (χ1) is 8.29. The van der Waals surface area contributed by atoms with Crippen LogP contribution in [-0.2, 0) is 0 Å². The van der Waals surface area contributed by atoms with Crippen LogP contribution < -0.4 is 5.73 Å². The van der Waals surface area contributed by atoms with E-state index in [2.05, 4.69) is 27.9 Å². The Labute approximate surface area is 103 Å². The lowest BCUT2D eigenvalue weighted by molar-refractivity contribution is 0.147. The van der Waals surface area contributed by atoms with E-state index in [-0.39, 0.29) is 0 Å². The molecule has 0 aliphatic carbocycles. The van der Waals surface area contributed by atoms with E-state index in [1.807, 2.05) is 18.5 Å². The van der Waals surface area contributed by atoms with Gasteiger partial charge in [0, 0.05) is 57.6 Å². The molecule has 17 heavy (non-hydrogen) atoms. The molecular weight excluding hydrogens is 212 g/mol. The quantitative estimate of drug-likeness (QED) is 0.817. The second kappa shape index (κ2) is 6.10. The van der Waals surface area contributed by atoms with E-state index in [9.17, 15) is 0 Å². The van der Waals surface area contributed by atoms with Gasteiger partial charge in [0.1, 0.15) is 0 Å². The lowest BCUT2D eigenvalue weighted by atomic mass is 10.0. The molecule has 4 heteroatoms. The standard InChI is InChI=1S/C13H22N4/c1-16-5-7-17(8-6-16)11-13(9-14)12-3-2-4-15-10-12/h2-4,10,13H,5-9,11,14H2,1H3. The first kappa shape index (κ1) is 12.5. The molecule has 1 atom stereocenters. The molecule has 2 rings (SSSR count). The number of likely N-dealkylation sites (N-methyl/N-ethyl adjacent to an activating group) is 1. The third kappa shape index (κ3) is 3.49. The van der Waals surface area contributed by atoms with Gasteiger partial charge in [-0.25, -0.2) is 0 Å². The minimum atomic E-state index is 0.409. The summed E-state index contributed by atoms with van der Waals surface area (Å²) in [4.78, 5) is 9.05. The van der Waals surface area contributed by atoms with Crippen LogP contribution in [0.5, 0.6) is 0 Å². The third-order valence-corrected chi connectivity index (χ3v) is 3.51. The molecule has 1 aliphatic heterocycles. The van der Waals surface area contributed by atoms with Gasteiger partial charge in [-0.3, -0.25) is 4.98 Å². The first-order valence-corrected chi connectivity index (χ1v) is 6.30. The Bertz CT molecular complexity index is 319. The van der Waals surface area contributed by atoms with E-state index in [4.69, 9.17) is 5.73 Å². The SMILES string of the molecule is CN1CCN(CC(CN)c2cccnc2)CC1. The van der Waals surface area contributed by atoms with Crippen LogP contribution in [0.4, 0.5) is 0 Å². The van der Waals surface area contributed by atoms with Gasteiger partial charge in [0.2, 0.25) is 0 Å². The highest BCUT2D eigenvalue weighted by molar-refractivity contribution is 5.15. The number of nitrogens with two attached hydrogens (primary N) is 1. The number of piperazine rings is 1. The molecule has 1 aromatic rings. The summed E-state index contributed by atoms with van der Waals surface area (Å²) in [6.07, 6.45) is 3.75. The summed E-state index contributed by atoms with van der Waals surface area (Å²) in [6, 6.07) is 4.11. The monoisotopic (exact) mass is 234 g/mol. The largest absolute Gasteiger partial charge is 0.330 e. The molecule has 4 nitrogen and oxygen atoms in total. The fourth-order valence-corrected chi connectivity index (χ4v) is 2.28. The van der Waals surface area contributed by atoms with Crippen molar-refractivity contribution in [2.75, 3.05) is 46.3 Å². The van der Waals surface area contributed by atoms with Crippen LogP contribution in [0.3, 0.4) is 0 Å². The summed E-state index contributed by atoms with van der Waals surface area (Å²) < 4.78 is 0. The van der Waals surface area contributed by atoms with Gasteiger partial charge < -0.3 is 15.5 Å². The van der Waals surface area contributed by atoms with Gasteiger partial charge in [-0.05, 0) is 18.7 Å². The zero-order valence-corrected chi connectivity index (χ0v) is 10.5. The van der Waals surface area contributed by atoms with Gasteiger partial charge in [-0.2, -0.15) is 0 Å². The Balaban J connectivity index is 1.92. The number of hydrogen-bond donors (Lipinski definition) is 1. The number of hydrogen-bond acceptors (Lipinski definition) is 4. The number of aromatic nitrogens is 1. The van der Waals surface area contributed by atoms with Gasteiger partial charge in [0.25, 0.3) is 0 Å². The molecule has 0 spiro atoms. The summed E-state index contributed by atoms with van der Waals surface area (Å²) in [5.41, 5.74) is 7.14. The Morgan fingerprint density at radius 3 is 2.71 bits per heavy atom. The lowest BCUT2D eigenvalue weighted by Gasteiger charge is -2.34. The molecule has 0 bridgehead atoms. The van der Waals surface area contributed by atoms with Gasteiger partial charge >= 0.3 is 0 Å². The molecule has 2 heterocycles. The second-order valence-corrected chi connectivity index (χ2v) is 4.82. The molecule has 94 valence electrons. The summed E-state index contributed by atoms with van der Waals surface area (Å²) >= 11 is 0. The first-order valence-electron chi connectivity index (χ1n) is 6.30. The van der Waals surface area contributed by atoms with Crippen molar-refractivity contribution in [1.29, 1.82) is 0 Å². The lowest BCUT2D eigenvalue weighted by Crippen LogP contribution is -2.46. The van der Waals surface area contributed by atoms with E-state index in [1.165, 1.54) is 5.56 Å². The normalized spacial score (nSPS) is 20.4. The van der Waals surface area contributed by atoms with Crippen LogP contribution in [0.15, 0.2) is 24.5 Å². The van der Waals surface area contributed by atoms with Crippen LogP contribution in [0.2, 0.25) is 0 Å². The molecule has 1 aliphatic rings.